The second-order valence-electron chi connectivity index (χ2n) is 5.70. The van der Waals surface area contributed by atoms with Crippen LogP contribution in [0, 0.1) is 12.8 Å². The predicted molar refractivity (Wildman–Crippen MR) is 77.8 cm³/mol. The van der Waals surface area contributed by atoms with Crippen molar-refractivity contribution < 1.29 is 4.79 Å². The van der Waals surface area contributed by atoms with E-state index in [1.165, 1.54) is 24.0 Å². The van der Waals surface area contributed by atoms with Crippen molar-refractivity contribution in [2.75, 3.05) is 13.6 Å². The molecule has 2 rings (SSSR count). The molecule has 1 amide bonds. The summed E-state index contributed by atoms with van der Waals surface area (Å²) in [5.41, 5.74) is 2.41. The number of hydrogen-bond acceptors (Lipinski definition) is 2. The number of aryl methyl sites for hydroxylation is 1. The van der Waals surface area contributed by atoms with Crippen molar-refractivity contribution in [3.63, 3.8) is 0 Å². The molecule has 1 N–H and O–H groups in total. The molecule has 1 aromatic rings. The lowest BCUT2D eigenvalue weighted by Crippen LogP contribution is -2.40. The molecule has 1 unspecified atom stereocenters. The van der Waals surface area contributed by atoms with E-state index >= 15 is 0 Å². The van der Waals surface area contributed by atoms with Gasteiger partial charge in [0, 0.05) is 12.6 Å². The van der Waals surface area contributed by atoms with Crippen LogP contribution in [0.4, 0.5) is 0 Å². The van der Waals surface area contributed by atoms with Crippen LogP contribution in [0.1, 0.15) is 30.9 Å². The van der Waals surface area contributed by atoms with Crippen LogP contribution in [0.15, 0.2) is 24.3 Å². The number of carbonyl (C=O) groups excluding carboxylic acids is 1. The fraction of sp³-hybridized carbons (Fsp3) is 0.562. The normalized spacial score (nSPS) is 16.4. The summed E-state index contributed by atoms with van der Waals surface area (Å²) in [4.78, 5) is 14.1. The zero-order valence-electron chi connectivity index (χ0n) is 12.1. The van der Waals surface area contributed by atoms with Gasteiger partial charge < -0.3 is 5.32 Å². The van der Waals surface area contributed by atoms with Crippen LogP contribution in [0.2, 0.25) is 0 Å². The first-order valence-corrected chi connectivity index (χ1v) is 7.09. The van der Waals surface area contributed by atoms with Crippen LogP contribution in [0.5, 0.6) is 0 Å². The van der Waals surface area contributed by atoms with Gasteiger partial charge in [-0.15, -0.1) is 0 Å². The van der Waals surface area contributed by atoms with Crippen molar-refractivity contribution >= 4 is 5.91 Å². The van der Waals surface area contributed by atoms with Crippen LogP contribution in [0.25, 0.3) is 0 Å². The zero-order chi connectivity index (χ0) is 13.8. The van der Waals surface area contributed by atoms with Crippen LogP contribution >= 0.6 is 0 Å². The van der Waals surface area contributed by atoms with Gasteiger partial charge in [0.25, 0.3) is 0 Å². The molecule has 0 spiro atoms. The van der Waals surface area contributed by atoms with Gasteiger partial charge >= 0.3 is 0 Å². The molecule has 1 aromatic carbocycles. The minimum Gasteiger partial charge on any atom is -0.351 e. The van der Waals surface area contributed by atoms with Gasteiger partial charge in [0.15, 0.2) is 0 Å². The summed E-state index contributed by atoms with van der Waals surface area (Å²) >= 11 is 0. The highest BCUT2D eigenvalue weighted by molar-refractivity contribution is 5.78. The van der Waals surface area contributed by atoms with E-state index in [-0.39, 0.29) is 5.91 Å². The zero-order valence-corrected chi connectivity index (χ0v) is 12.1. The summed E-state index contributed by atoms with van der Waals surface area (Å²) in [6.07, 6.45) is 2.63. The molecule has 0 bridgehead atoms. The quantitative estimate of drug-likeness (QED) is 0.851. The fourth-order valence-corrected chi connectivity index (χ4v) is 2.37. The smallest absolute Gasteiger partial charge is 0.234 e. The summed E-state index contributed by atoms with van der Waals surface area (Å²) in [5, 5.41) is 3.00. The van der Waals surface area contributed by atoms with E-state index in [1.807, 2.05) is 19.2 Å². The van der Waals surface area contributed by atoms with Crippen molar-refractivity contribution in [1.82, 2.24) is 10.2 Å². The minimum absolute atomic E-state index is 0.109. The third kappa shape index (κ3) is 4.06. The van der Waals surface area contributed by atoms with Gasteiger partial charge in [0.1, 0.15) is 0 Å². The van der Waals surface area contributed by atoms with Gasteiger partial charge in [-0.05, 0) is 50.8 Å². The van der Waals surface area contributed by atoms with Crippen molar-refractivity contribution in [2.45, 2.75) is 39.3 Å². The molecule has 104 valence electrons. The predicted octanol–water partition coefficient (Wildman–Crippen LogP) is 2.34. The topological polar surface area (TPSA) is 32.3 Å². The Labute approximate surface area is 116 Å². The van der Waals surface area contributed by atoms with Crippen LogP contribution in [0.3, 0.4) is 0 Å². The van der Waals surface area contributed by atoms with E-state index in [0.29, 0.717) is 19.1 Å². The highest BCUT2D eigenvalue weighted by Crippen LogP contribution is 2.34. The standard InChI is InChI=1S/C16H24N2O/c1-12-6-4-5-7-15(12)10-17-16(19)11-18(3)13(2)14-8-9-14/h4-7,13-14H,8-11H2,1-3H3,(H,17,19). The Morgan fingerprint density at radius 1 is 1.42 bits per heavy atom. The number of nitrogens with zero attached hydrogens (tertiary/aromatic N) is 1. The molecule has 0 heterocycles. The molecule has 0 aromatic heterocycles. The maximum absolute atomic E-state index is 11.9. The summed E-state index contributed by atoms with van der Waals surface area (Å²) in [7, 11) is 2.04. The third-order valence-corrected chi connectivity index (χ3v) is 4.13. The number of carbonyl (C=O) groups is 1. The van der Waals surface area contributed by atoms with E-state index in [9.17, 15) is 4.79 Å². The number of benzene rings is 1. The van der Waals surface area contributed by atoms with Gasteiger partial charge in [-0.1, -0.05) is 24.3 Å². The fourth-order valence-electron chi connectivity index (χ4n) is 2.37. The van der Waals surface area contributed by atoms with Crippen molar-refractivity contribution in [2.24, 2.45) is 5.92 Å². The Morgan fingerprint density at radius 2 is 2.11 bits per heavy atom. The van der Waals surface area contributed by atoms with E-state index in [0.717, 1.165) is 5.92 Å². The van der Waals surface area contributed by atoms with Gasteiger partial charge in [0.2, 0.25) is 5.91 Å². The molecule has 1 saturated carbocycles. The third-order valence-electron chi connectivity index (χ3n) is 4.13. The van der Waals surface area contributed by atoms with Crippen LogP contribution < -0.4 is 5.32 Å². The summed E-state index contributed by atoms with van der Waals surface area (Å²) in [6.45, 7) is 5.40. The lowest BCUT2D eigenvalue weighted by Gasteiger charge is -2.23. The highest BCUT2D eigenvalue weighted by Gasteiger charge is 2.30. The van der Waals surface area contributed by atoms with E-state index < -0.39 is 0 Å². The molecule has 3 heteroatoms. The van der Waals surface area contributed by atoms with Crippen molar-refractivity contribution in [1.29, 1.82) is 0 Å². The van der Waals surface area contributed by atoms with Gasteiger partial charge in [-0.2, -0.15) is 0 Å². The van der Waals surface area contributed by atoms with E-state index in [1.54, 1.807) is 0 Å². The molecular weight excluding hydrogens is 236 g/mol. The monoisotopic (exact) mass is 260 g/mol. The number of amides is 1. The lowest BCUT2D eigenvalue weighted by molar-refractivity contribution is -0.122. The summed E-state index contributed by atoms with van der Waals surface area (Å²) < 4.78 is 0. The van der Waals surface area contributed by atoms with E-state index in [4.69, 9.17) is 0 Å². The molecule has 0 saturated heterocycles. The minimum atomic E-state index is 0.109. The Bertz CT molecular complexity index is 440. The number of rotatable bonds is 6. The second kappa shape index (κ2) is 6.20. The number of nitrogens with one attached hydrogen (secondary N) is 1. The average Bonchev–Trinajstić information content (AvgIpc) is 3.21. The first-order chi connectivity index (χ1) is 9.08. The first-order valence-electron chi connectivity index (χ1n) is 7.09. The summed E-state index contributed by atoms with van der Waals surface area (Å²) in [6, 6.07) is 8.68. The maximum atomic E-state index is 11.9. The molecule has 0 aliphatic heterocycles. The van der Waals surface area contributed by atoms with Crippen LogP contribution in [-0.2, 0) is 11.3 Å². The van der Waals surface area contributed by atoms with E-state index in [2.05, 4.69) is 36.2 Å². The molecule has 1 aliphatic carbocycles. The molecule has 1 aliphatic rings. The summed E-state index contributed by atoms with van der Waals surface area (Å²) in [5.74, 6) is 0.910. The molecule has 3 nitrogen and oxygen atoms in total. The second-order valence-corrected chi connectivity index (χ2v) is 5.70. The molecular formula is C16H24N2O. The van der Waals surface area contributed by atoms with Gasteiger partial charge in [0.05, 0.1) is 6.54 Å². The number of hydrogen-bond donors (Lipinski definition) is 1. The van der Waals surface area contributed by atoms with Crippen molar-refractivity contribution in [3.05, 3.63) is 35.4 Å². The molecule has 19 heavy (non-hydrogen) atoms. The molecule has 0 radical (unpaired) electrons. The maximum Gasteiger partial charge on any atom is 0.234 e. The SMILES string of the molecule is Cc1ccccc1CNC(=O)CN(C)C(C)C1CC1. The molecule has 1 fully saturated rings. The van der Waals surface area contributed by atoms with Crippen LogP contribution in [-0.4, -0.2) is 30.4 Å². The van der Waals surface area contributed by atoms with Gasteiger partial charge in [-0.3, -0.25) is 9.69 Å². The Hall–Kier alpha value is -1.35. The van der Waals surface area contributed by atoms with Crippen molar-refractivity contribution in [3.8, 4) is 0 Å². The highest BCUT2D eigenvalue weighted by atomic mass is 16.2. The average molecular weight is 260 g/mol. The molecule has 1 atom stereocenters. The number of likely N-dealkylation sites (N-methyl/N-ethyl adjacent to an activating group) is 1. The Morgan fingerprint density at radius 3 is 2.74 bits per heavy atom. The Balaban J connectivity index is 1.76. The Kier molecular flexibility index (Phi) is 4.59. The largest absolute Gasteiger partial charge is 0.351 e. The lowest BCUT2D eigenvalue weighted by atomic mass is 10.1. The van der Waals surface area contributed by atoms with Gasteiger partial charge in [-0.25, -0.2) is 0 Å². The first kappa shape index (κ1) is 14.1.